The molecule has 2 aliphatic heterocycles. The van der Waals surface area contributed by atoms with E-state index in [-0.39, 0.29) is 23.7 Å². The molecule has 1 N–H and O–H groups in total. The molecule has 1 fully saturated rings. The molecule has 0 radical (unpaired) electrons. The molecule has 0 spiro atoms. The van der Waals surface area contributed by atoms with Crippen molar-refractivity contribution in [1.29, 1.82) is 5.26 Å². The third-order valence-electron chi connectivity index (χ3n) is 6.73. The molecule has 1 unspecified atom stereocenters. The number of nitrogens with zero attached hydrogens (tertiary/aromatic N) is 3. The van der Waals surface area contributed by atoms with Crippen molar-refractivity contribution >= 4 is 27.9 Å². The first-order chi connectivity index (χ1) is 18.4. The van der Waals surface area contributed by atoms with E-state index in [2.05, 4.69) is 0 Å². The summed E-state index contributed by atoms with van der Waals surface area (Å²) in [5.41, 5.74) is 1.76. The highest BCUT2D eigenvalue weighted by atomic mass is 32.2. The summed E-state index contributed by atoms with van der Waals surface area (Å²) in [5.74, 6) is 0.613. The largest absolute Gasteiger partial charge is 0.507 e. The lowest BCUT2D eigenvalue weighted by Crippen LogP contribution is -2.44. The molecule has 0 bridgehead atoms. The first kappa shape index (κ1) is 28.3. The molecular formula is C29H35N3O6S. The Morgan fingerprint density at radius 1 is 1.18 bits per heavy atom. The molecule has 0 aliphatic carbocycles. The number of ether oxygens (including phenoxy) is 2. The highest BCUT2D eigenvalue weighted by molar-refractivity contribution is 7.92. The number of carbonyl (C=O) groups is 1. The Kier molecular flexibility index (Phi) is 8.12. The third kappa shape index (κ3) is 6.66. The fourth-order valence-corrected chi connectivity index (χ4v) is 6.10. The van der Waals surface area contributed by atoms with Crippen molar-refractivity contribution in [2.24, 2.45) is 0 Å². The zero-order valence-electron chi connectivity index (χ0n) is 22.8. The molecule has 2 aromatic carbocycles. The lowest BCUT2D eigenvalue weighted by Gasteiger charge is -2.33. The minimum absolute atomic E-state index is 0.0130. The van der Waals surface area contributed by atoms with E-state index in [1.54, 1.807) is 42.2 Å². The van der Waals surface area contributed by atoms with Gasteiger partial charge in [-0.05, 0) is 76.1 Å². The zero-order valence-corrected chi connectivity index (χ0v) is 23.6. The van der Waals surface area contributed by atoms with Crippen LogP contribution in [0.1, 0.15) is 57.2 Å². The lowest BCUT2D eigenvalue weighted by atomic mass is 10.1. The van der Waals surface area contributed by atoms with Gasteiger partial charge in [-0.25, -0.2) is 13.2 Å². The van der Waals surface area contributed by atoms with Gasteiger partial charge in [0.1, 0.15) is 23.2 Å². The van der Waals surface area contributed by atoms with Crippen molar-refractivity contribution in [3.8, 4) is 17.6 Å². The molecule has 2 aromatic rings. The van der Waals surface area contributed by atoms with Crippen molar-refractivity contribution in [3.05, 3.63) is 59.2 Å². The number of carbonyl (C=O) groups excluding carboxylic acids is 1. The normalized spacial score (nSPS) is 18.2. The molecule has 4 rings (SSSR count). The SMILES string of the molecule is CCS(=O)(=O)N1c2ccc(OC3CCN(C(=O)OC(C)(C)C)CC3)cc2CC1/C=C/c1cc(C#N)ccc1O. The van der Waals surface area contributed by atoms with Gasteiger partial charge in [0.15, 0.2) is 0 Å². The van der Waals surface area contributed by atoms with Crippen LogP contribution in [0.4, 0.5) is 10.5 Å². The van der Waals surface area contributed by atoms with Gasteiger partial charge in [-0.15, -0.1) is 0 Å². The molecule has 0 saturated carbocycles. The number of rotatable bonds is 6. The van der Waals surface area contributed by atoms with Crippen LogP contribution in [0.5, 0.6) is 11.5 Å². The number of likely N-dealkylation sites (tertiary alicyclic amines) is 1. The summed E-state index contributed by atoms with van der Waals surface area (Å²) in [7, 11) is -3.58. The number of anilines is 1. The monoisotopic (exact) mass is 553 g/mol. The third-order valence-corrected chi connectivity index (χ3v) is 8.53. The van der Waals surface area contributed by atoms with Gasteiger partial charge in [0.2, 0.25) is 10.0 Å². The van der Waals surface area contributed by atoms with E-state index in [0.717, 1.165) is 5.56 Å². The Bertz CT molecular complexity index is 1400. The number of phenols is 1. The summed E-state index contributed by atoms with van der Waals surface area (Å²) >= 11 is 0. The van der Waals surface area contributed by atoms with Crippen LogP contribution in [0.2, 0.25) is 0 Å². The molecule has 2 heterocycles. The van der Waals surface area contributed by atoms with Gasteiger partial charge in [-0.1, -0.05) is 12.2 Å². The number of phenolic OH excluding ortho intramolecular Hbond substituents is 1. The smallest absolute Gasteiger partial charge is 0.410 e. The van der Waals surface area contributed by atoms with E-state index < -0.39 is 21.7 Å². The predicted molar refractivity (Wildman–Crippen MR) is 149 cm³/mol. The van der Waals surface area contributed by atoms with Crippen LogP contribution in [0, 0.1) is 11.3 Å². The minimum atomic E-state index is -3.58. The standard InChI is InChI=1S/C29H35N3O6S/c1-5-39(35,36)32-23(8-7-21-16-20(19-30)6-11-27(21)33)17-22-18-25(9-10-26(22)32)37-24-12-14-31(15-13-24)28(34)38-29(2,3)4/h6-11,16,18,23-24,33H,5,12-15,17H2,1-4H3/b8-7+. The van der Waals surface area contributed by atoms with Gasteiger partial charge in [-0.3, -0.25) is 4.31 Å². The zero-order chi connectivity index (χ0) is 28.4. The number of hydrogen-bond acceptors (Lipinski definition) is 7. The number of amides is 1. The Morgan fingerprint density at radius 2 is 1.90 bits per heavy atom. The average Bonchev–Trinajstić information content (AvgIpc) is 3.26. The predicted octanol–water partition coefficient (Wildman–Crippen LogP) is 4.84. The second kappa shape index (κ2) is 11.2. The number of hydrogen-bond donors (Lipinski definition) is 1. The highest BCUT2D eigenvalue weighted by Gasteiger charge is 2.36. The van der Waals surface area contributed by atoms with Crippen LogP contribution >= 0.6 is 0 Å². The van der Waals surface area contributed by atoms with Crippen LogP contribution in [0.25, 0.3) is 6.08 Å². The first-order valence-electron chi connectivity index (χ1n) is 13.1. The summed E-state index contributed by atoms with van der Waals surface area (Å²) in [6.45, 7) is 8.23. The molecule has 208 valence electrons. The highest BCUT2D eigenvalue weighted by Crippen LogP contribution is 2.38. The first-order valence-corrected chi connectivity index (χ1v) is 14.7. The summed E-state index contributed by atoms with van der Waals surface area (Å²) in [5, 5.41) is 19.4. The van der Waals surface area contributed by atoms with Crippen LogP contribution in [-0.2, 0) is 21.2 Å². The quantitative estimate of drug-likeness (QED) is 0.544. The van der Waals surface area contributed by atoms with E-state index >= 15 is 0 Å². The van der Waals surface area contributed by atoms with E-state index in [4.69, 9.17) is 9.47 Å². The summed E-state index contributed by atoms with van der Waals surface area (Å²) in [6, 6.07) is 11.5. The Morgan fingerprint density at radius 3 is 2.54 bits per heavy atom. The number of benzene rings is 2. The van der Waals surface area contributed by atoms with Crippen LogP contribution in [-0.4, -0.2) is 61.1 Å². The van der Waals surface area contributed by atoms with Crippen molar-refractivity contribution in [3.63, 3.8) is 0 Å². The maximum Gasteiger partial charge on any atom is 0.410 e. The number of fused-ring (bicyclic) bond motifs is 1. The number of nitriles is 1. The number of sulfonamides is 1. The average molecular weight is 554 g/mol. The van der Waals surface area contributed by atoms with Crippen LogP contribution < -0.4 is 9.04 Å². The van der Waals surface area contributed by atoms with Crippen molar-refractivity contribution in [1.82, 2.24) is 4.90 Å². The maximum absolute atomic E-state index is 13.1. The van der Waals surface area contributed by atoms with E-state index in [1.165, 1.54) is 16.4 Å². The summed E-state index contributed by atoms with van der Waals surface area (Å²) in [4.78, 5) is 14.0. The van der Waals surface area contributed by atoms with E-state index in [9.17, 15) is 23.6 Å². The van der Waals surface area contributed by atoms with Gasteiger partial charge < -0.3 is 19.5 Å². The molecule has 1 saturated heterocycles. The fourth-order valence-electron chi connectivity index (χ4n) is 4.79. The molecule has 10 heteroatoms. The second-order valence-electron chi connectivity index (χ2n) is 10.8. The molecule has 39 heavy (non-hydrogen) atoms. The van der Waals surface area contributed by atoms with Crippen molar-refractivity contribution in [2.75, 3.05) is 23.1 Å². The maximum atomic E-state index is 13.1. The van der Waals surface area contributed by atoms with Gasteiger partial charge in [0.25, 0.3) is 0 Å². The van der Waals surface area contributed by atoms with E-state index in [0.29, 0.717) is 54.9 Å². The van der Waals surface area contributed by atoms with Gasteiger partial charge in [0, 0.05) is 31.5 Å². The molecular weight excluding hydrogens is 518 g/mol. The van der Waals surface area contributed by atoms with Crippen molar-refractivity contribution < 1.29 is 27.8 Å². The van der Waals surface area contributed by atoms with Crippen molar-refractivity contribution in [2.45, 2.75) is 64.7 Å². The summed E-state index contributed by atoms with van der Waals surface area (Å²) in [6.07, 6.45) is 4.80. The fraction of sp³-hybridized carbons (Fsp3) is 0.448. The van der Waals surface area contributed by atoms with E-state index in [1.807, 2.05) is 32.9 Å². The van der Waals surface area contributed by atoms with Crippen LogP contribution in [0.3, 0.4) is 0 Å². The summed E-state index contributed by atoms with van der Waals surface area (Å²) < 4.78 is 39.2. The second-order valence-corrected chi connectivity index (χ2v) is 12.9. The molecule has 9 nitrogen and oxygen atoms in total. The number of piperidine rings is 1. The Balaban J connectivity index is 1.48. The molecule has 1 amide bonds. The topological polar surface area (TPSA) is 120 Å². The minimum Gasteiger partial charge on any atom is -0.507 e. The molecule has 2 aliphatic rings. The van der Waals surface area contributed by atoms with Crippen LogP contribution in [0.15, 0.2) is 42.5 Å². The van der Waals surface area contributed by atoms with Gasteiger partial charge >= 0.3 is 6.09 Å². The number of aromatic hydroxyl groups is 1. The van der Waals surface area contributed by atoms with Gasteiger partial charge in [-0.2, -0.15) is 5.26 Å². The Hall–Kier alpha value is -3.71. The molecule has 1 atom stereocenters. The lowest BCUT2D eigenvalue weighted by molar-refractivity contribution is 0.0126. The van der Waals surface area contributed by atoms with Gasteiger partial charge in [0.05, 0.1) is 29.1 Å². The molecule has 0 aromatic heterocycles. The Labute approximate surface area is 230 Å².